The predicted molar refractivity (Wildman–Crippen MR) is 129 cm³/mol. The second-order valence-corrected chi connectivity index (χ2v) is 8.92. The fraction of sp³-hybridized carbons (Fsp3) is 0.750. The van der Waals surface area contributed by atoms with E-state index in [0.29, 0.717) is 31.5 Å². The van der Waals surface area contributed by atoms with Gasteiger partial charge in [-0.25, -0.2) is 0 Å². The van der Waals surface area contributed by atoms with Crippen molar-refractivity contribution in [3.8, 4) is 0 Å². The van der Waals surface area contributed by atoms with E-state index in [2.05, 4.69) is 29.4 Å². The van der Waals surface area contributed by atoms with Gasteiger partial charge in [-0.1, -0.05) is 33.8 Å². The van der Waals surface area contributed by atoms with Crippen LogP contribution in [0.25, 0.3) is 0 Å². The van der Waals surface area contributed by atoms with Crippen molar-refractivity contribution in [2.45, 2.75) is 66.0 Å². The lowest BCUT2D eigenvalue weighted by atomic mass is 9.99. The number of likely N-dealkylation sites (N-methyl/N-ethyl adjacent to an activating group) is 1. The molecule has 0 aromatic rings. The van der Waals surface area contributed by atoms with E-state index < -0.39 is 6.04 Å². The maximum atomic E-state index is 13.2. The van der Waals surface area contributed by atoms with E-state index in [1.54, 1.807) is 29.8 Å². The van der Waals surface area contributed by atoms with Gasteiger partial charge in [-0.05, 0) is 51.7 Å². The van der Waals surface area contributed by atoms with Crippen LogP contribution in [0.15, 0.2) is 11.6 Å². The molecule has 1 aliphatic heterocycles. The Kier molecular flexibility index (Phi) is 12.7. The molecular weight excluding hydrogens is 422 g/mol. The van der Waals surface area contributed by atoms with Crippen LogP contribution in [0.3, 0.4) is 0 Å². The zero-order valence-corrected chi connectivity index (χ0v) is 21.2. The first-order chi connectivity index (χ1) is 15.7. The first-order valence-corrected chi connectivity index (χ1v) is 12.1. The smallest absolute Gasteiger partial charge is 0.249 e. The first kappa shape index (κ1) is 28.6. The molecule has 0 bridgehead atoms. The first-order valence-electron chi connectivity index (χ1n) is 12.1. The van der Waals surface area contributed by atoms with Crippen LogP contribution in [-0.2, 0) is 19.2 Å². The highest BCUT2D eigenvalue weighted by molar-refractivity contribution is 5.97. The molecule has 1 saturated heterocycles. The quantitative estimate of drug-likeness (QED) is 0.226. The number of hydrogen-bond donors (Lipinski definition) is 2. The molecule has 1 heterocycles. The number of carbonyl (C=O) groups is 4. The number of amides is 4. The molecule has 0 saturated carbocycles. The average molecular weight is 466 g/mol. The summed E-state index contributed by atoms with van der Waals surface area (Å²) in [5.41, 5.74) is 0.512. The largest absolute Gasteiger partial charge is 0.354 e. The number of hydrogen-bond acceptors (Lipinski definition) is 5. The maximum absolute atomic E-state index is 13.2. The van der Waals surface area contributed by atoms with E-state index in [-0.39, 0.29) is 36.2 Å². The van der Waals surface area contributed by atoms with E-state index >= 15 is 0 Å². The molecule has 2 N–H and O–H groups in total. The average Bonchev–Trinajstić information content (AvgIpc) is 3.29. The molecular formula is C24H43N5O4. The Hall–Kier alpha value is -2.42. The van der Waals surface area contributed by atoms with Crippen molar-refractivity contribution in [2.24, 2.45) is 5.92 Å². The van der Waals surface area contributed by atoms with Crippen LogP contribution in [0.1, 0.15) is 53.9 Å². The summed E-state index contributed by atoms with van der Waals surface area (Å²) in [6, 6.07) is -0.757. The van der Waals surface area contributed by atoms with Gasteiger partial charge in [0.2, 0.25) is 24.1 Å². The van der Waals surface area contributed by atoms with E-state index in [4.69, 9.17) is 0 Å². The van der Waals surface area contributed by atoms with E-state index in [1.807, 2.05) is 13.8 Å². The lowest BCUT2D eigenvalue weighted by Crippen LogP contribution is -2.47. The van der Waals surface area contributed by atoms with Gasteiger partial charge in [0.15, 0.2) is 0 Å². The van der Waals surface area contributed by atoms with Crippen LogP contribution in [0.5, 0.6) is 0 Å². The molecule has 2 atom stereocenters. The van der Waals surface area contributed by atoms with Crippen LogP contribution >= 0.6 is 0 Å². The van der Waals surface area contributed by atoms with E-state index in [1.165, 1.54) is 0 Å². The van der Waals surface area contributed by atoms with Crippen molar-refractivity contribution in [3.63, 3.8) is 0 Å². The van der Waals surface area contributed by atoms with Gasteiger partial charge < -0.3 is 25.3 Å². The van der Waals surface area contributed by atoms with Gasteiger partial charge in [-0.15, -0.1) is 0 Å². The van der Waals surface area contributed by atoms with Crippen molar-refractivity contribution >= 4 is 24.1 Å². The minimum Gasteiger partial charge on any atom is -0.354 e. The van der Waals surface area contributed by atoms with Crippen LogP contribution < -0.4 is 10.6 Å². The highest BCUT2D eigenvalue weighted by Gasteiger charge is 2.34. The Balaban J connectivity index is 2.78. The molecule has 4 amide bonds. The summed E-state index contributed by atoms with van der Waals surface area (Å²) in [6.45, 7) is 13.9. The third kappa shape index (κ3) is 8.79. The zero-order chi connectivity index (χ0) is 25.0. The second-order valence-electron chi connectivity index (χ2n) is 8.92. The lowest BCUT2D eigenvalue weighted by molar-refractivity contribution is -0.135. The number of likely N-dealkylation sites (tertiary alicyclic amines) is 1. The highest BCUT2D eigenvalue weighted by atomic mass is 16.2. The minimum absolute atomic E-state index is 0.0708. The van der Waals surface area contributed by atoms with Crippen molar-refractivity contribution in [3.05, 3.63) is 11.6 Å². The molecule has 1 rings (SSSR count). The van der Waals surface area contributed by atoms with Gasteiger partial charge in [-0.3, -0.25) is 19.2 Å². The Morgan fingerprint density at radius 2 is 1.85 bits per heavy atom. The summed E-state index contributed by atoms with van der Waals surface area (Å²) in [7, 11) is 1.66. The van der Waals surface area contributed by atoms with Gasteiger partial charge in [0, 0.05) is 25.7 Å². The number of carbonyl (C=O) groups excluding carboxylic acids is 4. The van der Waals surface area contributed by atoms with Crippen molar-refractivity contribution < 1.29 is 19.2 Å². The molecule has 33 heavy (non-hydrogen) atoms. The fourth-order valence-electron chi connectivity index (χ4n) is 4.18. The van der Waals surface area contributed by atoms with Gasteiger partial charge in [0.1, 0.15) is 6.04 Å². The molecule has 1 aliphatic rings. The molecule has 0 unspecified atom stereocenters. The molecule has 1 fully saturated rings. The van der Waals surface area contributed by atoms with Gasteiger partial charge in [0.05, 0.1) is 12.6 Å². The van der Waals surface area contributed by atoms with Crippen LogP contribution in [0, 0.1) is 5.92 Å². The summed E-state index contributed by atoms with van der Waals surface area (Å²) in [5.74, 6) is -0.434. The Bertz CT molecular complexity index is 690. The van der Waals surface area contributed by atoms with Crippen molar-refractivity contribution in [2.75, 3.05) is 46.3 Å². The van der Waals surface area contributed by atoms with Gasteiger partial charge in [-0.2, -0.15) is 0 Å². The normalized spacial score (nSPS) is 17.3. The number of nitrogens with zero attached hydrogens (tertiary/aromatic N) is 3. The summed E-state index contributed by atoms with van der Waals surface area (Å²) in [5, 5.41) is 5.38. The topological polar surface area (TPSA) is 102 Å². The maximum Gasteiger partial charge on any atom is 0.249 e. The van der Waals surface area contributed by atoms with Crippen LogP contribution in [-0.4, -0.2) is 97.2 Å². The molecule has 9 heteroatoms. The molecule has 9 nitrogen and oxygen atoms in total. The third-order valence-electron chi connectivity index (χ3n) is 6.28. The Labute approximate surface area is 198 Å². The standard InChI is InChI=1S/C24H43N5O4/c1-7-28(8-2)13-10-12-26-23(32)20-11-9-14-29(20)24(33)19(5)15-21(18(3)4)27(6)22(31)16-25-17-30/h15,17-18,20-21H,7-14,16H2,1-6H3,(H,25,30)(H,26,32)/b19-15+/t20-,21+/m0/s1. The van der Waals surface area contributed by atoms with Crippen molar-refractivity contribution in [1.82, 2.24) is 25.3 Å². The second kappa shape index (κ2) is 14.7. The minimum atomic E-state index is -0.456. The molecule has 0 aliphatic carbocycles. The van der Waals surface area contributed by atoms with Gasteiger partial charge >= 0.3 is 0 Å². The van der Waals surface area contributed by atoms with Crippen LogP contribution in [0.4, 0.5) is 0 Å². The summed E-state index contributed by atoms with van der Waals surface area (Å²) < 4.78 is 0. The number of rotatable bonds is 14. The Morgan fingerprint density at radius 1 is 1.18 bits per heavy atom. The van der Waals surface area contributed by atoms with Crippen molar-refractivity contribution in [1.29, 1.82) is 0 Å². The van der Waals surface area contributed by atoms with Crippen LogP contribution in [0.2, 0.25) is 0 Å². The highest BCUT2D eigenvalue weighted by Crippen LogP contribution is 2.21. The molecule has 0 spiro atoms. The van der Waals surface area contributed by atoms with E-state index in [0.717, 1.165) is 32.5 Å². The third-order valence-corrected chi connectivity index (χ3v) is 6.28. The Morgan fingerprint density at radius 3 is 2.42 bits per heavy atom. The molecule has 0 aromatic carbocycles. The molecule has 0 radical (unpaired) electrons. The fourth-order valence-corrected chi connectivity index (χ4v) is 4.18. The molecule has 0 aromatic heterocycles. The SMILES string of the molecule is CCN(CC)CCCNC(=O)[C@@H]1CCCN1C(=O)/C(C)=C/[C@H](C(C)C)N(C)C(=O)CNC=O. The van der Waals surface area contributed by atoms with Gasteiger partial charge in [0.25, 0.3) is 0 Å². The predicted octanol–water partition coefficient (Wildman–Crippen LogP) is 1.00. The summed E-state index contributed by atoms with van der Waals surface area (Å²) in [4.78, 5) is 54.3. The lowest BCUT2D eigenvalue weighted by Gasteiger charge is -2.30. The van der Waals surface area contributed by atoms with E-state index in [9.17, 15) is 19.2 Å². The summed E-state index contributed by atoms with van der Waals surface area (Å²) in [6.07, 6.45) is 4.61. The molecule has 188 valence electrons. The monoisotopic (exact) mass is 465 g/mol. The zero-order valence-electron chi connectivity index (χ0n) is 21.2. The number of nitrogens with one attached hydrogen (secondary N) is 2. The summed E-state index contributed by atoms with van der Waals surface area (Å²) >= 11 is 0.